The van der Waals surface area contributed by atoms with Crippen LogP contribution in [0.3, 0.4) is 0 Å². The van der Waals surface area contributed by atoms with Crippen LogP contribution in [0.4, 0.5) is 0 Å². The molecule has 1 aliphatic heterocycles. The lowest BCUT2D eigenvalue weighted by molar-refractivity contribution is -0.120. The zero-order valence-electron chi connectivity index (χ0n) is 7.09. The van der Waals surface area contributed by atoms with Crippen LogP contribution in [0.25, 0.3) is 0 Å². The predicted molar refractivity (Wildman–Crippen MR) is 51.8 cm³/mol. The van der Waals surface area contributed by atoms with Gasteiger partial charge in [-0.3, -0.25) is 4.79 Å². The van der Waals surface area contributed by atoms with Crippen LogP contribution in [-0.2, 0) is 4.79 Å². The van der Waals surface area contributed by atoms with Gasteiger partial charge in [-0.2, -0.15) is 0 Å². The molecule has 0 bridgehead atoms. The topological polar surface area (TPSA) is 29.1 Å². The van der Waals surface area contributed by atoms with Gasteiger partial charge in [0.05, 0.1) is 5.92 Å². The van der Waals surface area contributed by atoms with Crippen molar-refractivity contribution < 1.29 is 4.79 Å². The third kappa shape index (κ3) is 1.54. The van der Waals surface area contributed by atoms with Gasteiger partial charge in [-0.25, -0.2) is 0 Å². The Morgan fingerprint density at radius 1 is 1.38 bits per heavy atom. The van der Waals surface area contributed by atoms with Gasteiger partial charge < -0.3 is 5.32 Å². The van der Waals surface area contributed by atoms with Gasteiger partial charge in [0.25, 0.3) is 0 Å². The second-order valence-electron chi connectivity index (χ2n) is 3.15. The zero-order valence-corrected chi connectivity index (χ0v) is 7.84. The van der Waals surface area contributed by atoms with Crippen LogP contribution in [0.15, 0.2) is 24.3 Å². The third-order valence-electron chi connectivity index (χ3n) is 2.33. The summed E-state index contributed by atoms with van der Waals surface area (Å²) in [4.78, 5) is 11.4. The van der Waals surface area contributed by atoms with Crippen LogP contribution in [-0.4, -0.2) is 12.5 Å². The highest BCUT2D eigenvalue weighted by Crippen LogP contribution is 2.29. The molecule has 13 heavy (non-hydrogen) atoms. The molecule has 1 aliphatic rings. The number of benzene rings is 1. The van der Waals surface area contributed by atoms with Crippen LogP contribution in [0, 0.1) is 0 Å². The molecule has 2 nitrogen and oxygen atoms in total. The highest BCUT2D eigenvalue weighted by molar-refractivity contribution is 6.31. The number of halogens is 1. The molecule has 0 radical (unpaired) electrons. The molecule has 68 valence electrons. The van der Waals surface area contributed by atoms with E-state index in [2.05, 4.69) is 5.32 Å². The highest BCUT2D eigenvalue weighted by Gasteiger charge is 2.26. The fourth-order valence-corrected chi connectivity index (χ4v) is 1.92. The lowest BCUT2D eigenvalue weighted by Gasteiger charge is -2.08. The summed E-state index contributed by atoms with van der Waals surface area (Å²) in [6, 6.07) is 7.52. The highest BCUT2D eigenvalue weighted by atomic mass is 35.5. The maximum absolute atomic E-state index is 11.4. The number of carbonyl (C=O) groups is 1. The molecule has 1 saturated heterocycles. The van der Waals surface area contributed by atoms with E-state index in [4.69, 9.17) is 11.6 Å². The summed E-state index contributed by atoms with van der Waals surface area (Å²) in [7, 11) is 0. The minimum atomic E-state index is -0.0475. The van der Waals surface area contributed by atoms with E-state index in [0.717, 1.165) is 18.5 Å². The Labute approximate surface area is 81.9 Å². The molecular formula is C10H10ClNO. The van der Waals surface area contributed by atoms with E-state index in [0.29, 0.717) is 5.02 Å². The van der Waals surface area contributed by atoms with Crippen molar-refractivity contribution in [2.75, 3.05) is 6.54 Å². The van der Waals surface area contributed by atoms with E-state index in [1.54, 1.807) is 0 Å². The summed E-state index contributed by atoms with van der Waals surface area (Å²) < 4.78 is 0. The largest absolute Gasteiger partial charge is 0.356 e. The van der Waals surface area contributed by atoms with Crippen LogP contribution in [0.1, 0.15) is 17.9 Å². The molecule has 1 amide bonds. The first kappa shape index (κ1) is 8.57. The number of amides is 1. The van der Waals surface area contributed by atoms with Crippen LogP contribution in [0.2, 0.25) is 5.02 Å². The van der Waals surface area contributed by atoms with Crippen molar-refractivity contribution in [3.63, 3.8) is 0 Å². The molecule has 1 unspecified atom stereocenters. The Hall–Kier alpha value is -1.02. The number of nitrogens with one attached hydrogen (secondary N) is 1. The van der Waals surface area contributed by atoms with Crippen LogP contribution >= 0.6 is 11.6 Å². The lowest BCUT2D eigenvalue weighted by Crippen LogP contribution is -2.17. The van der Waals surface area contributed by atoms with Crippen molar-refractivity contribution in [3.8, 4) is 0 Å². The second kappa shape index (κ2) is 3.38. The zero-order chi connectivity index (χ0) is 9.26. The first-order chi connectivity index (χ1) is 6.29. The molecule has 0 saturated carbocycles. The summed E-state index contributed by atoms with van der Waals surface area (Å²) in [6.07, 6.45) is 0.850. The van der Waals surface area contributed by atoms with Gasteiger partial charge in [-0.05, 0) is 18.1 Å². The maximum atomic E-state index is 11.4. The van der Waals surface area contributed by atoms with Crippen molar-refractivity contribution >= 4 is 17.5 Å². The van der Waals surface area contributed by atoms with E-state index >= 15 is 0 Å². The van der Waals surface area contributed by atoms with Gasteiger partial charge >= 0.3 is 0 Å². The standard InChI is InChI=1S/C10H10ClNO/c11-9-4-2-1-3-7(9)8-5-6-12-10(8)13/h1-4,8H,5-6H2,(H,12,13). The third-order valence-corrected chi connectivity index (χ3v) is 2.67. The molecule has 2 rings (SSSR count). The van der Waals surface area contributed by atoms with Crippen molar-refractivity contribution in [1.29, 1.82) is 0 Å². The average molecular weight is 196 g/mol. The fraction of sp³-hybridized carbons (Fsp3) is 0.300. The first-order valence-corrected chi connectivity index (χ1v) is 4.69. The predicted octanol–water partition coefficient (Wildman–Crippen LogP) is 1.94. The number of carbonyl (C=O) groups excluding carboxylic acids is 1. The van der Waals surface area contributed by atoms with Gasteiger partial charge in [-0.1, -0.05) is 29.8 Å². The number of hydrogen-bond donors (Lipinski definition) is 1. The molecular weight excluding hydrogens is 186 g/mol. The van der Waals surface area contributed by atoms with Crippen molar-refractivity contribution in [2.24, 2.45) is 0 Å². The Kier molecular flexibility index (Phi) is 2.23. The van der Waals surface area contributed by atoms with Gasteiger partial charge in [0, 0.05) is 11.6 Å². The molecule has 0 spiro atoms. The van der Waals surface area contributed by atoms with Gasteiger partial charge in [0.2, 0.25) is 5.91 Å². The van der Waals surface area contributed by atoms with E-state index in [-0.39, 0.29) is 11.8 Å². The monoisotopic (exact) mass is 195 g/mol. The van der Waals surface area contributed by atoms with Gasteiger partial charge in [0.15, 0.2) is 0 Å². The summed E-state index contributed by atoms with van der Waals surface area (Å²) in [5, 5.41) is 3.48. The molecule has 1 heterocycles. The summed E-state index contributed by atoms with van der Waals surface area (Å²) >= 11 is 5.99. The van der Waals surface area contributed by atoms with Gasteiger partial charge in [-0.15, -0.1) is 0 Å². The lowest BCUT2D eigenvalue weighted by atomic mass is 9.98. The molecule has 0 aliphatic carbocycles. The van der Waals surface area contributed by atoms with Crippen molar-refractivity contribution in [2.45, 2.75) is 12.3 Å². The summed E-state index contributed by atoms with van der Waals surface area (Å²) in [5.41, 5.74) is 0.944. The van der Waals surface area contributed by atoms with Gasteiger partial charge in [0.1, 0.15) is 0 Å². The maximum Gasteiger partial charge on any atom is 0.227 e. The first-order valence-electron chi connectivity index (χ1n) is 4.31. The number of hydrogen-bond acceptors (Lipinski definition) is 1. The van der Waals surface area contributed by atoms with Crippen molar-refractivity contribution in [3.05, 3.63) is 34.9 Å². The molecule has 0 aromatic heterocycles. The smallest absolute Gasteiger partial charge is 0.227 e. The van der Waals surface area contributed by atoms with E-state index < -0.39 is 0 Å². The summed E-state index contributed by atoms with van der Waals surface area (Å²) in [5.74, 6) is 0.0433. The molecule has 1 aromatic carbocycles. The molecule has 1 fully saturated rings. The summed E-state index contributed by atoms with van der Waals surface area (Å²) in [6.45, 7) is 0.759. The quantitative estimate of drug-likeness (QED) is 0.729. The minimum Gasteiger partial charge on any atom is -0.356 e. The van der Waals surface area contributed by atoms with Crippen LogP contribution in [0.5, 0.6) is 0 Å². The molecule has 1 N–H and O–H groups in total. The fourth-order valence-electron chi connectivity index (χ4n) is 1.65. The minimum absolute atomic E-state index is 0.0475. The average Bonchev–Trinajstić information content (AvgIpc) is 2.52. The Balaban J connectivity index is 2.34. The van der Waals surface area contributed by atoms with E-state index in [9.17, 15) is 4.79 Å². The molecule has 1 atom stereocenters. The molecule has 3 heteroatoms. The second-order valence-corrected chi connectivity index (χ2v) is 3.56. The van der Waals surface area contributed by atoms with E-state index in [1.165, 1.54) is 0 Å². The SMILES string of the molecule is O=C1NCCC1c1ccccc1Cl. The van der Waals surface area contributed by atoms with Crippen LogP contribution < -0.4 is 5.32 Å². The Morgan fingerprint density at radius 2 is 2.15 bits per heavy atom. The Morgan fingerprint density at radius 3 is 2.77 bits per heavy atom. The Bertz CT molecular complexity index is 337. The molecule has 1 aromatic rings. The van der Waals surface area contributed by atoms with E-state index in [1.807, 2.05) is 24.3 Å². The van der Waals surface area contributed by atoms with Crippen molar-refractivity contribution in [1.82, 2.24) is 5.32 Å². The number of rotatable bonds is 1. The normalized spacial score (nSPS) is 21.6.